The Morgan fingerprint density at radius 3 is 2.11 bits per heavy atom. The molecule has 28 heavy (non-hydrogen) atoms. The van der Waals surface area contributed by atoms with Crippen molar-refractivity contribution in [3.8, 4) is 11.5 Å². The Hall–Kier alpha value is -3.07. The molecule has 0 saturated carbocycles. The topological polar surface area (TPSA) is 119 Å². The first-order chi connectivity index (χ1) is 13.2. The van der Waals surface area contributed by atoms with Crippen LogP contribution in [-0.4, -0.2) is 44.9 Å². The summed E-state index contributed by atoms with van der Waals surface area (Å²) < 4.78 is 34.7. The Bertz CT molecular complexity index is 999. The molecule has 2 aromatic rings. The van der Waals surface area contributed by atoms with E-state index < -0.39 is 21.7 Å². The first kappa shape index (κ1) is 21.2. The molecule has 1 amide bonds. The lowest BCUT2D eigenvalue weighted by Gasteiger charge is -2.16. The van der Waals surface area contributed by atoms with E-state index in [1.54, 1.807) is 13.8 Å². The van der Waals surface area contributed by atoms with Crippen molar-refractivity contribution in [2.45, 2.75) is 18.7 Å². The maximum absolute atomic E-state index is 12.7. The fraction of sp³-hybridized carbons (Fsp3) is 0.263. The zero-order valence-electron chi connectivity index (χ0n) is 15.7. The number of aromatic carboxylic acids is 1. The molecule has 0 aromatic heterocycles. The van der Waals surface area contributed by atoms with Crippen molar-refractivity contribution in [3.05, 3.63) is 47.5 Å². The van der Waals surface area contributed by atoms with Crippen LogP contribution in [0.2, 0.25) is 0 Å². The van der Waals surface area contributed by atoms with Crippen LogP contribution in [0, 0.1) is 0 Å². The smallest absolute Gasteiger partial charge is 0.337 e. The minimum atomic E-state index is -3.65. The van der Waals surface area contributed by atoms with E-state index in [1.165, 1.54) is 36.4 Å². The lowest BCUT2D eigenvalue weighted by atomic mass is 10.1. The fourth-order valence-electron chi connectivity index (χ4n) is 2.54. The number of amides is 1. The molecule has 0 saturated heterocycles. The van der Waals surface area contributed by atoms with Crippen molar-refractivity contribution < 1.29 is 32.6 Å². The number of rotatable bonds is 8. The van der Waals surface area contributed by atoms with Gasteiger partial charge < -0.3 is 19.9 Å². The molecular formula is C19H21NO7S. The van der Waals surface area contributed by atoms with Crippen LogP contribution in [0.25, 0.3) is 0 Å². The summed E-state index contributed by atoms with van der Waals surface area (Å²) in [5, 5.41) is 12.0. The van der Waals surface area contributed by atoms with Crippen LogP contribution in [0.5, 0.6) is 11.5 Å². The predicted octanol–water partition coefficient (Wildman–Crippen LogP) is 2.84. The zero-order valence-corrected chi connectivity index (χ0v) is 16.5. The van der Waals surface area contributed by atoms with Crippen LogP contribution in [0.4, 0.5) is 5.69 Å². The average molecular weight is 407 g/mol. The van der Waals surface area contributed by atoms with Gasteiger partial charge in [-0.2, -0.15) is 0 Å². The normalized spacial score (nSPS) is 11.0. The van der Waals surface area contributed by atoms with Gasteiger partial charge in [-0.05, 0) is 26.0 Å². The second-order valence-electron chi connectivity index (χ2n) is 5.74. The number of hydrogen-bond donors (Lipinski definition) is 2. The van der Waals surface area contributed by atoms with Gasteiger partial charge in [0.2, 0.25) is 0 Å². The fourth-order valence-corrected chi connectivity index (χ4v) is 3.43. The lowest BCUT2D eigenvalue weighted by molar-refractivity contribution is 0.0697. The number of benzene rings is 2. The summed E-state index contributed by atoms with van der Waals surface area (Å²) in [7, 11) is -3.65. The molecule has 150 valence electrons. The third kappa shape index (κ3) is 4.80. The van der Waals surface area contributed by atoms with E-state index in [-0.39, 0.29) is 33.2 Å². The first-order valence-electron chi connectivity index (χ1n) is 8.46. The molecule has 2 rings (SSSR count). The SMILES string of the molecule is CCOc1cc(NC(=O)c2ccccc2S(C)(=O)=O)c(C(=O)O)cc1OCC. The molecule has 0 heterocycles. The molecule has 0 spiro atoms. The maximum atomic E-state index is 12.7. The standard InChI is InChI=1S/C19H21NO7S/c1-4-26-15-10-13(19(22)23)14(11-16(15)27-5-2)20-18(21)12-8-6-7-9-17(12)28(3,24)25/h6-11H,4-5H2,1-3H3,(H,20,21)(H,22,23). The van der Waals surface area contributed by atoms with Gasteiger partial charge in [-0.1, -0.05) is 12.1 Å². The maximum Gasteiger partial charge on any atom is 0.337 e. The monoisotopic (exact) mass is 407 g/mol. The number of carbonyl (C=O) groups excluding carboxylic acids is 1. The molecule has 8 nitrogen and oxygen atoms in total. The van der Waals surface area contributed by atoms with Gasteiger partial charge in [-0.25, -0.2) is 13.2 Å². The third-order valence-corrected chi connectivity index (χ3v) is 4.85. The van der Waals surface area contributed by atoms with Crippen LogP contribution in [0.3, 0.4) is 0 Å². The van der Waals surface area contributed by atoms with Crippen LogP contribution >= 0.6 is 0 Å². The largest absolute Gasteiger partial charge is 0.490 e. The minimum Gasteiger partial charge on any atom is -0.490 e. The second-order valence-corrected chi connectivity index (χ2v) is 7.72. The molecule has 0 unspecified atom stereocenters. The summed E-state index contributed by atoms with van der Waals surface area (Å²) >= 11 is 0. The quantitative estimate of drug-likeness (QED) is 0.690. The van der Waals surface area contributed by atoms with E-state index in [2.05, 4.69) is 5.32 Å². The molecule has 9 heteroatoms. The molecule has 0 fully saturated rings. The molecule has 0 bridgehead atoms. The molecule has 0 aliphatic carbocycles. The number of nitrogens with one attached hydrogen (secondary N) is 1. The molecule has 0 atom stereocenters. The Kier molecular flexibility index (Phi) is 6.63. The Morgan fingerprint density at radius 2 is 1.57 bits per heavy atom. The highest BCUT2D eigenvalue weighted by Crippen LogP contribution is 2.34. The van der Waals surface area contributed by atoms with Gasteiger partial charge in [0, 0.05) is 18.4 Å². The highest BCUT2D eigenvalue weighted by atomic mass is 32.2. The van der Waals surface area contributed by atoms with Crippen molar-refractivity contribution in [3.63, 3.8) is 0 Å². The van der Waals surface area contributed by atoms with E-state index in [9.17, 15) is 23.1 Å². The van der Waals surface area contributed by atoms with Gasteiger partial charge in [0.15, 0.2) is 21.3 Å². The highest BCUT2D eigenvalue weighted by molar-refractivity contribution is 7.90. The van der Waals surface area contributed by atoms with E-state index in [1.807, 2.05) is 0 Å². The van der Waals surface area contributed by atoms with Gasteiger partial charge in [0.05, 0.1) is 34.9 Å². The third-order valence-electron chi connectivity index (χ3n) is 3.69. The Labute approximate surface area is 163 Å². The molecule has 0 aliphatic heterocycles. The van der Waals surface area contributed by atoms with Crippen LogP contribution < -0.4 is 14.8 Å². The summed E-state index contributed by atoms with van der Waals surface area (Å²) in [4.78, 5) is 24.2. The second kappa shape index (κ2) is 8.75. The number of sulfone groups is 1. The van der Waals surface area contributed by atoms with E-state index in [4.69, 9.17) is 9.47 Å². The van der Waals surface area contributed by atoms with Crippen molar-refractivity contribution in [2.75, 3.05) is 24.8 Å². The van der Waals surface area contributed by atoms with E-state index in [0.717, 1.165) is 6.26 Å². The summed E-state index contributed by atoms with van der Waals surface area (Å²) in [5.41, 5.74) is -0.335. The zero-order chi connectivity index (χ0) is 20.9. The van der Waals surface area contributed by atoms with Gasteiger partial charge in [-0.3, -0.25) is 4.79 Å². The summed E-state index contributed by atoms with van der Waals surface area (Å²) in [6, 6.07) is 8.29. The van der Waals surface area contributed by atoms with Crippen LogP contribution in [-0.2, 0) is 9.84 Å². The molecule has 2 aromatic carbocycles. The Balaban J connectivity index is 2.52. The lowest BCUT2D eigenvalue weighted by Crippen LogP contribution is -2.18. The summed E-state index contributed by atoms with van der Waals surface area (Å²) in [6.07, 6.45) is 0.992. The van der Waals surface area contributed by atoms with Crippen LogP contribution in [0.15, 0.2) is 41.3 Å². The minimum absolute atomic E-state index is 0.0345. The highest BCUT2D eigenvalue weighted by Gasteiger charge is 2.22. The van der Waals surface area contributed by atoms with E-state index in [0.29, 0.717) is 13.2 Å². The average Bonchev–Trinajstić information content (AvgIpc) is 2.63. The molecule has 0 radical (unpaired) electrons. The predicted molar refractivity (Wildman–Crippen MR) is 103 cm³/mol. The van der Waals surface area contributed by atoms with Crippen molar-refractivity contribution in [1.29, 1.82) is 0 Å². The first-order valence-corrected chi connectivity index (χ1v) is 10.4. The summed E-state index contributed by atoms with van der Waals surface area (Å²) in [5.74, 6) is -1.54. The number of carboxylic acids is 1. The number of hydrogen-bond acceptors (Lipinski definition) is 6. The van der Waals surface area contributed by atoms with Crippen molar-refractivity contribution in [2.24, 2.45) is 0 Å². The van der Waals surface area contributed by atoms with Gasteiger partial charge in [-0.15, -0.1) is 0 Å². The van der Waals surface area contributed by atoms with Gasteiger partial charge in [0.25, 0.3) is 5.91 Å². The van der Waals surface area contributed by atoms with Crippen molar-refractivity contribution >= 4 is 27.4 Å². The van der Waals surface area contributed by atoms with Crippen LogP contribution in [0.1, 0.15) is 34.6 Å². The molecule has 2 N–H and O–H groups in total. The van der Waals surface area contributed by atoms with Crippen molar-refractivity contribution in [1.82, 2.24) is 0 Å². The Morgan fingerprint density at radius 1 is 1.00 bits per heavy atom. The van der Waals surface area contributed by atoms with E-state index >= 15 is 0 Å². The number of ether oxygens (including phenoxy) is 2. The van der Waals surface area contributed by atoms with Gasteiger partial charge in [0.1, 0.15) is 0 Å². The van der Waals surface area contributed by atoms with Gasteiger partial charge >= 0.3 is 5.97 Å². The molecular weight excluding hydrogens is 386 g/mol. The number of carboxylic acid groups (broad SMARTS) is 1. The number of carbonyl (C=O) groups is 2. The number of anilines is 1. The molecule has 0 aliphatic rings. The summed E-state index contributed by atoms with van der Waals surface area (Å²) in [6.45, 7) is 4.10.